The molecule has 3 nitrogen and oxygen atoms in total. The first-order valence-corrected chi connectivity index (χ1v) is 8.01. The Balaban J connectivity index is 1.54. The van der Waals surface area contributed by atoms with Gasteiger partial charge in [-0.25, -0.2) is 0 Å². The summed E-state index contributed by atoms with van der Waals surface area (Å²) >= 11 is 0. The molecule has 0 spiro atoms. The summed E-state index contributed by atoms with van der Waals surface area (Å²) in [6, 6.07) is 0. The highest BCUT2D eigenvalue weighted by Gasteiger charge is 2.26. The zero-order valence-electron chi connectivity index (χ0n) is 12.9. The number of hydrogen-bond donors (Lipinski definition) is 1. The molecule has 2 aliphatic rings. The molecule has 0 bridgehead atoms. The van der Waals surface area contributed by atoms with Crippen LogP contribution in [0, 0.1) is 5.92 Å². The molecule has 0 aromatic carbocycles. The van der Waals surface area contributed by atoms with Gasteiger partial charge in [-0.15, -0.1) is 0 Å². The zero-order valence-corrected chi connectivity index (χ0v) is 12.9. The second-order valence-corrected chi connectivity index (χ2v) is 7.28. The summed E-state index contributed by atoms with van der Waals surface area (Å²) in [5.74, 6) is 0.819. The Kier molecular flexibility index (Phi) is 5.67. The normalized spacial score (nSPS) is 29.2. The lowest BCUT2D eigenvalue weighted by molar-refractivity contribution is -0.0228. The lowest BCUT2D eigenvalue weighted by Gasteiger charge is -2.23. The Hall–Kier alpha value is -0.120. The monoisotopic (exact) mass is 269 g/mol. The van der Waals surface area contributed by atoms with Crippen LogP contribution in [0.4, 0.5) is 0 Å². The number of hydrogen-bond acceptors (Lipinski definition) is 3. The standard InChI is InChI=1S/C16H31NO2/c1-16(2,3)17-10-14-8-9-15(19-14)12-18-11-13-6-4-5-7-13/h13-15,17H,4-12H2,1-3H3. The van der Waals surface area contributed by atoms with Gasteiger partial charge in [-0.1, -0.05) is 12.8 Å². The Labute approximate surface area is 118 Å². The molecule has 1 saturated carbocycles. The summed E-state index contributed by atoms with van der Waals surface area (Å²) in [5, 5.41) is 3.52. The summed E-state index contributed by atoms with van der Waals surface area (Å²) in [6.07, 6.45) is 8.55. The van der Waals surface area contributed by atoms with E-state index in [1.165, 1.54) is 32.1 Å². The second-order valence-electron chi connectivity index (χ2n) is 7.28. The van der Waals surface area contributed by atoms with E-state index in [2.05, 4.69) is 26.1 Å². The lowest BCUT2D eigenvalue weighted by atomic mass is 10.1. The van der Waals surface area contributed by atoms with Crippen LogP contribution in [-0.4, -0.2) is 37.5 Å². The fourth-order valence-electron chi connectivity index (χ4n) is 3.02. The molecule has 2 fully saturated rings. The van der Waals surface area contributed by atoms with E-state index in [0.29, 0.717) is 12.2 Å². The van der Waals surface area contributed by atoms with Crippen molar-refractivity contribution in [2.75, 3.05) is 19.8 Å². The first kappa shape index (κ1) is 15.3. The number of nitrogens with one attached hydrogen (secondary N) is 1. The van der Waals surface area contributed by atoms with E-state index >= 15 is 0 Å². The molecule has 1 heterocycles. The summed E-state index contributed by atoms with van der Waals surface area (Å²) in [4.78, 5) is 0. The van der Waals surface area contributed by atoms with Crippen LogP contribution in [0.25, 0.3) is 0 Å². The van der Waals surface area contributed by atoms with E-state index in [1.54, 1.807) is 0 Å². The van der Waals surface area contributed by atoms with Gasteiger partial charge in [0, 0.05) is 18.7 Å². The van der Waals surface area contributed by atoms with E-state index in [1.807, 2.05) is 0 Å². The topological polar surface area (TPSA) is 30.5 Å². The summed E-state index contributed by atoms with van der Waals surface area (Å²) in [5.41, 5.74) is 0.181. The van der Waals surface area contributed by atoms with Crippen LogP contribution >= 0.6 is 0 Å². The van der Waals surface area contributed by atoms with Crippen molar-refractivity contribution >= 4 is 0 Å². The minimum absolute atomic E-state index is 0.181. The van der Waals surface area contributed by atoms with Gasteiger partial charge in [0.05, 0.1) is 18.8 Å². The molecule has 1 aliphatic heterocycles. The quantitative estimate of drug-likeness (QED) is 0.803. The van der Waals surface area contributed by atoms with Crippen LogP contribution in [-0.2, 0) is 9.47 Å². The molecular formula is C16H31NO2. The van der Waals surface area contributed by atoms with E-state index in [4.69, 9.17) is 9.47 Å². The summed E-state index contributed by atoms with van der Waals surface area (Å²) in [6.45, 7) is 9.30. The van der Waals surface area contributed by atoms with Crippen molar-refractivity contribution in [1.29, 1.82) is 0 Å². The van der Waals surface area contributed by atoms with E-state index in [9.17, 15) is 0 Å². The van der Waals surface area contributed by atoms with Gasteiger partial charge in [0.1, 0.15) is 0 Å². The highest BCUT2D eigenvalue weighted by molar-refractivity contribution is 4.79. The van der Waals surface area contributed by atoms with E-state index in [-0.39, 0.29) is 5.54 Å². The van der Waals surface area contributed by atoms with E-state index in [0.717, 1.165) is 32.1 Å². The summed E-state index contributed by atoms with van der Waals surface area (Å²) < 4.78 is 11.9. The average molecular weight is 269 g/mol. The third kappa shape index (κ3) is 5.80. The van der Waals surface area contributed by atoms with Crippen molar-refractivity contribution in [3.63, 3.8) is 0 Å². The molecule has 3 heteroatoms. The smallest absolute Gasteiger partial charge is 0.0813 e. The third-order valence-corrected chi connectivity index (χ3v) is 4.19. The fraction of sp³-hybridized carbons (Fsp3) is 1.00. The molecule has 0 aromatic heterocycles. The Bertz CT molecular complexity index is 256. The minimum Gasteiger partial charge on any atom is -0.378 e. The van der Waals surface area contributed by atoms with Gasteiger partial charge in [0.25, 0.3) is 0 Å². The average Bonchev–Trinajstić information content (AvgIpc) is 2.97. The van der Waals surface area contributed by atoms with Gasteiger partial charge >= 0.3 is 0 Å². The van der Waals surface area contributed by atoms with Gasteiger partial charge in [-0.2, -0.15) is 0 Å². The van der Waals surface area contributed by atoms with Crippen LogP contribution in [0.5, 0.6) is 0 Å². The molecule has 112 valence electrons. The zero-order chi connectivity index (χ0) is 13.7. The fourth-order valence-corrected chi connectivity index (χ4v) is 3.02. The second kappa shape index (κ2) is 7.05. The summed E-state index contributed by atoms with van der Waals surface area (Å²) in [7, 11) is 0. The molecule has 0 amide bonds. The van der Waals surface area contributed by atoms with Crippen LogP contribution in [0.1, 0.15) is 59.3 Å². The van der Waals surface area contributed by atoms with Gasteiger partial charge < -0.3 is 14.8 Å². The third-order valence-electron chi connectivity index (χ3n) is 4.19. The molecule has 2 atom stereocenters. The molecule has 1 aliphatic carbocycles. The molecular weight excluding hydrogens is 238 g/mol. The van der Waals surface area contributed by atoms with Gasteiger partial charge in [-0.05, 0) is 52.4 Å². The van der Waals surface area contributed by atoms with Crippen molar-refractivity contribution in [2.24, 2.45) is 5.92 Å². The SMILES string of the molecule is CC(C)(C)NCC1CCC(COCC2CCCC2)O1. The van der Waals surface area contributed by atoms with Gasteiger partial charge in [0.2, 0.25) is 0 Å². The molecule has 1 N–H and O–H groups in total. The Morgan fingerprint density at radius 1 is 1.00 bits per heavy atom. The maximum Gasteiger partial charge on any atom is 0.0813 e. The largest absolute Gasteiger partial charge is 0.378 e. The minimum atomic E-state index is 0.181. The Morgan fingerprint density at radius 3 is 2.37 bits per heavy atom. The first-order valence-electron chi connectivity index (χ1n) is 8.01. The van der Waals surface area contributed by atoms with Crippen molar-refractivity contribution in [3.05, 3.63) is 0 Å². The van der Waals surface area contributed by atoms with Gasteiger partial charge in [-0.3, -0.25) is 0 Å². The number of rotatable bonds is 6. The molecule has 2 rings (SSSR count). The highest BCUT2D eigenvalue weighted by atomic mass is 16.5. The van der Waals surface area contributed by atoms with Crippen molar-refractivity contribution in [2.45, 2.75) is 77.0 Å². The first-order chi connectivity index (χ1) is 9.03. The van der Waals surface area contributed by atoms with Crippen LogP contribution in [0.15, 0.2) is 0 Å². The van der Waals surface area contributed by atoms with Crippen LogP contribution < -0.4 is 5.32 Å². The predicted octanol–water partition coefficient (Wildman–Crippen LogP) is 3.13. The predicted molar refractivity (Wildman–Crippen MR) is 78.4 cm³/mol. The Morgan fingerprint density at radius 2 is 1.68 bits per heavy atom. The van der Waals surface area contributed by atoms with Crippen LogP contribution in [0.2, 0.25) is 0 Å². The van der Waals surface area contributed by atoms with Crippen molar-refractivity contribution in [1.82, 2.24) is 5.32 Å². The maximum absolute atomic E-state index is 6.03. The van der Waals surface area contributed by atoms with Gasteiger partial charge in [0.15, 0.2) is 0 Å². The van der Waals surface area contributed by atoms with Crippen LogP contribution in [0.3, 0.4) is 0 Å². The number of ether oxygens (including phenoxy) is 2. The van der Waals surface area contributed by atoms with Crippen molar-refractivity contribution in [3.8, 4) is 0 Å². The van der Waals surface area contributed by atoms with Crippen molar-refractivity contribution < 1.29 is 9.47 Å². The molecule has 0 radical (unpaired) electrons. The highest BCUT2D eigenvalue weighted by Crippen LogP contribution is 2.25. The molecule has 1 saturated heterocycles. The molecule has 0 aromatic rings. The molecule has 2 unspecified atom stereocenters. The molecule has 19 heavy (non-hydrogen) atoms. The maximum atomic E-state index is 6.03. The van der Waals surface area contributed by atoms with E-state index < -0.39 is 0 Å². The lowest BCUT2D eigenvalue weighted by Crippen LogP contribution is -2.41.